The predicted molar refractivity (Wildman–Crippen MR) is 68.8 cm³/mol. The van der Waals surface area contributed by atoms with Crippen molar-refractivity contribution in [3.8, 4) is 5.75 Å². The van der Waals surface area contributed by atoms with Gasteiger partial charge in [0.2, 0.25) is 5.91 Å². The summed E-state index contributed by atoms with van der Waals surface area (Å²) in [5.74, 6) is -0.537. The Morgan fingerprint density at radius 2 is 2.29 bits per heavy atom. The number of hydrogen-bond acceptors (Lipinski definition) is 4. The van der Waals surface area contributed by atoms with Crippen molar-refractivity contribution in [2.24, 2.45) is 5.73 Å². The van der Waals surface area contributed by atoms with Gasteiger partial charge in [-0.25, -0.2) is 0 Å². The molecule has 17 heavy (non-hydrogen) atoms. The number of phenols is 1. The Balaban J connectivity index is 0.00000256. The van der Waals surface area contributed by atoms with E-state index in [2.05, 4.69) is 5.32 Å². The van der Waals surface area contributed by atoms with Crippen molar-refractivity contribution in [3.05, 3.63) is 23.2 Å². The number of carbonyl (C=O) groups excluding carboxylic acids is 1. The van der Waals surface area contributed by atoms with Crippen molar-refractivity contribution in [3.63, 3.8) is 0 Å². The van der Waals surface area contributed by atoms with Gasteiger partial charge in [-0.15, -0.1) is 12.4 Å². The number of ether oxygens (including phenoxy) is 1. The standard InChI is InChI=1S/C10H13ClN2O3.ClH/c1-16-5-7(12)10(15)13-8-3-2-6(11)4-9(8)14;/h2-4,7,14H,5,12H2,1H3,(H,13,15);1H. The number of rotatable bonds is 4. The first-order valence-corrected chi connectivity index (χ1v) is 4.96. The van der Waals surface area contributed by atoms with E-state index in [1.807, 2.05) is 0 Å². The highest BCUT2D eigenvalue weighted by Crippen LogP contribution is 2.26. The van der Waals surface area contributed by atoms with Crippen LogP contribution in [0.25, 0.3) is 0 Å². The summed E-state index contributed by atoms with van der Waals surface area (Å²) < 4.78 is 4.74. The Bertz CT molecular complexity index is 388. The molecule has 0 aliphatic heterocycles. The number of hydrogen-bond donors (Lipinski definition) is 3. The first-order valence-electron chi connectivity index (χ1n) is 4.58. The number of halogens is 2. The third kappa shape index (κ3) is 4.79. The van der Waals surface area contributed by atoms with Gasteiger partial charge in [0.25, 0.3) is 0 Å². The number of amides is 1. The molecule has 0 spiro atoms. The van der Waals surface area contributed by atoms with Crippen LogP contribution < -0.4 is 11.1 Å². The van der Waals surface area contributed by atoms with Gasteiger partial charge in [-0.1, -0.05) is 11.6 Å². The number of aromatic hydroxyl groups is 1. The Labute approximate surface area is 110 Å². The van der Waals surface area contributed by atoms with E-state index in [0.29, 0.717) is 5.02 Å². The molecule has 1 amide bonds. The minimum Gasteiger partial charge on any atom is -0.506 e. The second-order valence-electron chi connectivity index (χ2n) is 3.21. The van der Waals surface area contributed by atoms with E-state index in [-0.39, 0.29) is 30.5 Å². The van der Waals surface area contributed by atoms with E-state index in [9.17, 15) is 9.90 Å². The summed E-state index contributed by atoms with van der Waals surface area (Å²) in [5, 5.41) is 12.3. The molecular weight excluding hydrogens is 267 g/mol. The van der Waals surface area contributed by atoms with E-state index < -0.39 is 11.9 Å². The quantitative estimate of drug-likeness (QED) is 0.728. The molecule has 0 bridgehead atoms. The number of nitrogens with one attached hydrogen (secondary N) is 1. The van der Waals surface area contributed by atoms with Crippen molar-refractivity contribution in [2.45, 2.75) is 6.04 Å². The minimum atomic E-state index is -0.778. The van der Waals surface area contributed by atoms with Crippen LogP contribution in [-0.2, 0) is 9.53 Å². The van der Waals surface area contributed by atoms with E-state index >= 15 is 0 Å². The Kier molecular flexibility index (Phi) is 6.91. The van der Waals surface area contributed by atoms with Gasteiger partial charge in [0.15, 0.2) is 0 Å². The maximum atomic E-state index is 11.5. The predicted octanol–water partition coefficient (Wildman–Crippen LogP) is 1.38. The van der Waals surface area contributed by atoms with Crippen LogP contribution in [0.15, 0.2) is 18.2 Å². The largest absolute Gasteiger partial charge is 0.506 e. The van der Waals surface area contributed by atoms with E-state index in [4.69, 9.17) is 22.1 Å². The van der Waals surface area contributed by atoms with Gasteiger partial charge < -0.3 is 20.9 Å². The van der Waals surface area contributed by atoms with Crippen LogP contribution in [0.4, 0.5) is 5.69 Å². The van der Waals surface area contributed by atoms with Crippen molar-refractivity contribution in [1.82, 2.24) is 0 Å². The highest BCUT2D eigenvalue weighted by molar-refractivity contribution is 6.30. The van der Waals surface area contributed by atoms with Crippen molar-refractivity contribution in [1.29, 1.82) is 0 Å². The smallest absolute Gasteiger partial charge is 0.243 e. The fourth-order valence-electron chi connectivity index (χ4n) is 1.09. The fraction of sp³-hybridized carbons (Fsp3) is 0.300. The topological polar surface area (TPSA) is 84.6 Å². The lowest BCUT2D eigenvalue weighted by Crippen LogP contribution is -2.39. The van der Waals surface area contributed by atoms with Crippen LogP contribution in [0.3, 0.4) is 0 Å². The Hall–Kier alpha value is -1.01. The lowest BCUT2D eigenvalue weighted by atomic mass is 10.2. The van der Waals surface area contributed by atoms with Crippen LogP contribution in [0.5, 0.6) is 5.75 Å². The number of phenolic OH excluding ortho intramolecular Hbond substituents is 1. The van der Waals surface area contributed by atoms with Gasteiger partial charge in [0.05, 0.1) is 12.3 Å². The normalized spacial score (nSPS) is 11.5. The van der Waals surface area contributed by atoms with Gasteiger partial charge in [-0.2, -0.15) is 0 Å². The average Bonchev–Trinajstić information content (AvgIpc) is 2.22. The number of methoxy groups -OCH3 is 1. The summed E-state index contributed by atoms with van der Waals surface area (Å²) in [7, 11) is 1.45. The molecule has 0 saturated carbocycles. The SMILES string of the molecule is COCC(N)C(=O)Nc1ccc(Cl)cc1O.Cl. The molecule has 4 N–H and O–H groups in total. The molecule has 0 aromatic heterocycles. The third-order valence-electron chi connectivity index (χ3n) is 1.90. The minimum absolute atomic E-state index is 0. The highest BCUT2D eigenvalue weighted by atomic mass is 35.5. The zero-order chi connectivity index (χ0) is 12.1. The third-order valence-corrected chi connectivity index (χ3v) is 2.14. The van der Waals surface area contributed by atoms with Crippen molar-refractivity contribution < 1.29 is 14.6 Å². The van der Waals surface area contributed by atoms with E-state index in [1.54, 1.807) is 6.07 Å². The summed E-state index contributed by atoms with van der Waals surface area (Å²) in [6, 6.07) is 3.60. The zero-order valence-electron chi connectivity index (χ0n) is 9.14. The second-order valence-corrected chi connectivity index (χ2v) is 3.65. The number of benzene rings is 1. The second kappa shape index (κ2) is 7.34. The molecule has 0 radical (unpaired) electrons. The molecule has 0 fully saturated rings. The molecule has 1 aromatic rings. The molecule has 1 aromatic carbocycles. The molecule has 96 valence electrons. The zero-order valence-corrected chi connectivity index (χ0v) is 10.7. The van der Waals surface area contributed by atoms with Gasteiger partial charge in [0.1, 0.15) is 11.8 Å². The molecule has 1 atom stereocenters. The van der Waals surface area contributed by atoms with E-state index in [0.717, 1.165) is 0 Å². The molecule has 7 heteroatoms. The Morgan fingerprint density at radius 1 is 1.65 bits per heavy atom. The summed E-state index contributed by atoms with van der Waals surface area (Å²) in [4.78, 5) is 11.5. The maximum Gasteiger partial charge on any atom is 0.243 e. The molecule has 0 aliphatic rings. The molecule has 0 heterocycles. The Morgan fingerprint density at radius 3 is 2.82 bits per heavy atom. The van der Waals surface area contributed by atoms with E-state index in [1.165, 1.54) is 19.2 Å². The lowest BCUT2D eigenvalue weighted by Gasteiger charge is -2.12. The van der Waals surface area contributed by atoms with Crippen LogP contribution in [0.1, 0.15) is 0 Å². The van der Waals surface area contributed by atoms with Crippen molar-refractivity contribution in [2.75, 3.05) is 19.0 Å². The molecule has 1 rings (SSSR count). The summed E-state index contributed by atoms with van der Waals surface area (Å²) in [6.45, 7) is 0.111. The molecule has 1 unspecified atom stereocenters. The first kappa shape index (κ1) is 16.0. The van der Waals surface area contributed by atoms with Gasteiger partial charge in [0, 0.05) is 18.2 Å². The van der Waals surface area contributed by atoms with Gasteiger partial charge in [-0.05, 0) is 12.1 Å². The molecule has 5 nitrogen and oxygen atoms in total. The summed E-state index contributed by atoms with van der Waals surface area (Å²) in [6.07, 6.45) is 0. The number of anilines is 1. The lowest BCUT2D eigenvalue weighted by molar-refractivity contribution is -0.118. The molecule has 0 aliphatic carbocycles. The van der Waals surface area contributed by atoms with Crippen LogP contribution in [0.2, 0.25) is 5.02 Å². The average molecular weight is 281 g/mol. The monoisotopic (exact) mass is 280 g/mol. The van der Waals surface area contributed by atoms with Gasteiger partial charge in [-0.3, -0.25) is 4.79 Å². The summed E-state index contributed by atoms with van der Waals surface area (Å²) in [5.41, 5.74) is 5.78. The maximum absolute atomic E-state index is 11.5. The summed E-state index contributed by atoms with van der Waals surface area (Å²) >= 11 is 5.65. The molecular formula is C10H14Cl2N2O3. The van der Waals surface area contributed by atoms with Crippen LogP contribution in [-0.4, -0.2) is 30.8 Å². The van der Waals surface area contributed by atoms with Crippen molar-refractivity contribution >= 4 is 35.6 Å². The first-order chi connectivity index (χ1) is 7.54. The number of carbonyl (C=O) groups is 1. The fourth-order valence-corrected chi connectivity index (χ4v) is 1.26. The molecule has 0 saturated heterocycles. The van der Waals surface area contributed by atoms with Crippen LogP contribution in [0, 0.1) is 0 Å². The highest BCUT2D eigenvalue weighted by Gasteiger charge is 2.14. The van der Waals surface area contributed by atoms with Crippen LogP contribution >= 0.6 is 24.0 Å². The van der Waals surface area contributed by atoms with Gasteiger partial charge >= 0.3 is 0 Å². The number of nitrogens with two attached hydrogens (primary N) is 1.